The van der Waals surface area contributed by atoms with E-state index in [4.69, 9.17) is 4.74 Å². The summed E-state index contributed by atoms with van der Waals surface area (Å²) in [6, 6.07) is 13.6. The van der Waals surface area contributed by atoms with Crippen molar-refractivity contribution < 1.29 is 14.6 Å². The van der Waals surface area contributed by atoms with E-state index in [1.165, 1.54) is 0 Å². The summed E-state index contributed by atoms with van der Waals surface area (Å²) in [6.45, 7) is 3.00. The van der Waals surface area contributed by atoms with Crippen LogP contribution in [0.25, 0.3) is 0 Å². The molecule has 1 amide bonds. The van der Waals surface area contributed by atoms with Gasteiger partial charge in [-0.2, -0.15) is 0 Å². The van der Waals surface area contributed by atoms with E-state index in [1.54, 1.807) is 6.07 Å². The number of nitrogens with one attached hydrogen (secondary N) is 1. The lowest BCUT2D eigenvalue weighted by Crippen LogP contribution is -2.39. The van der Waals surface area contributed by atoms with Crippen molar-refractivity contribution in [2.45, 2.75) is 37.8 Å². The molecule has 2 fully saturated rings. The number of carbonyl (C=O) groups excluding carboxylic acids is 1. The summed E-state index contributed by atoms with van der Waals surface area (Å²) in [5.74, 6) is 0.840. The van der Waals surface area contributed by atoms with Gasteiger partial charge in [-0.3, -0.25) is 4.79 Å². The summed E-state index contributed by atoms with van der Waals surface area (Å²) in [5.41, 5.74) is 1.32. The van der Waals surface area contributed by atoms with Crippen LogP contribution in [0.3, 0.4) is 0 Å². The van der Waals surface area contributed by atoms with E-state index in [9.17, 15) is 9.90 Å². The van der Waals surface area contributed by atoms with Crippen LogP contribution in [-0.4, -0.2) is 53.6 Å². The minimum Gasteiger partial charge on any atom is -0.388 e. The number of piperidine rings is 1. The number of aliphatic hydroxyl groups is 1. The van der Waals surface area contributed by atoms with E-state index < -0.39 is 6.10 Å². The SMILES string of the molecule is O=C(NC1CCOCC1)c1ccc(N2CCC(C(O)c3ccccc3)CC2)nn1. The normalized spacial score (nSPS) is 19.7. The highest BCUT2D eigenvalue weighted by molar-refractivity contribution is 5.92. The fraction of sp³-hybridized carbons (Fsp3) is 0.500. The van der Waals surface area contributed by atoms with Crippen molar-refractivity contribution >= 4 is 11.7 Å². The fourth-order valence-electron chi connectivity index (χ4n) is 4.08. The van der Waals surface area contributed by atoms with Gasteiger partial charge in [0.25, 0.3) is 5.91 Å². The molecular weight excluding hydrogens is 368 g/mol. The second-order valence-corrected chi connectivity index (χ2v) is 7.82. The van der Waals surface area contributed by atoms with E-state index in [0.29, 0.717) is 18.9 Å². The molecule has 0 spiro atoms. The summed E-state index contributed by atoms with van der Waals surface area (Å²) in [4.78, 5) is 14.5. The van der Waals surface area contributed by atoms with Crippen LogP contribution >= 0.6 is 0 Å². The predicted molar refractivity (Wildman–Crippen MR) is 110 cm³/mol. The van der Waals surface area contributed by atoms with Crippen molar-refractivity contribution in [1.29, 1.82) is 0 Å². The summed E-state index contributed by atoms with van der Waals surface area (Å²) in [7, 11) is 0. The first-order chi connectivity index (χ1) is 14.2. The Kier molecular flexibility index (Phi) is 6.36. The first-order valence-corrected chi connectivity index (χ1v) is 10.4. The molecule has 2 aliphatic heterocycles. The Labute approximate surface area is 171 Å². The number of amides is 1. The Balaban J connectivity index is 1.30. The average Bonchev–Trinajstić information content (AvgIpc) is 2.80. The van der Waals surface area contributed by atoms with Crippen LogP contribution in [0.5, 0.6) is 0 Å². The first-order valence-electron chi connectivity index (χ1n) is 10.4. The van der Waals surface area contributed by atoms with Gasteiger partial charge >= 0.3 is 0 Å². The number of anilines is 1. The fourth-order valence-corrected chi connectivity index (χ4v) is 4.08. The lowest BCUT2D eigenvalue weighted by Gasteiger charge is -2.34. The molecule has 2 N–H and O–H groups in total. The maximum atomic E-state index is 12.4. The number of nitrogens with zero attached hydrogens (tertiary/aromatic N) is 3. The van der Waals surface area contributed by atoms with Crippen LogP contribution in [-0.2, 0) is 4.74 Å². The number of rotatable bonds is 5. The lowest BCUT2D eigenvalue weighted by molar-refractivity contribution is 0.0693. The average molecular weight is 396 g/mol. The summed E-state index contributed by atoms with van der Waals surface area (Å²) in [5, 5.41) is 22.0. The largest absolute Gasteiger partial charge is 0.388 e. The number of benzene rings is 1. The van der Waals surface area contributed by atoms with Crippen molar-refractivity contribution in [3.05, 3.63) is 53.7 Å². The highest BCUT2D eigenvalue weighted by Crippen LogP contribution is 2.31. The maximum Gasteiger partial charge on any atom is 0.272 e. The van der Waals surface area contributed by atoms with Gasteiger partial charge in [0.2, 0.25) is 0 Å². The topological polar surface area (TPSA) is 87.6 Å². The summed E-state index contributed by atoms with van der Waals surface area (Å²) >= 11 is 0. The molecule has 7 nitrogen and oxygen atoms in total. The summed E-state index contributed by atoms with van der Waals surface area (Å²) < 4.78 is 5.32. The monoisotopic (exact) mass is 396 g/mol. The molecule has 3 heterocycles. The lowest BCUT2D eigenvalue weighted by atomic mass is 9.87. The minimum absolute atomic E-state index is 0.146. The molecule has 0 radical (unpaired) electrons. The van der Waals surface area contributed by atoms with Gasteiger partial charge in [0.15, 0.2) is 11.5 Å². The van der Waals surface area contributed by atoms with E-state index in [2.05, 4.69) is 20.4 Å². The predicted octanol–water partition coefficient (Wildman–Crippen LogP) is 2.34. The van der Waals surface area contributed by atoms with Crippen molar-refractivity contribution in [3.63, 3.8) is 0 Å². The Bertz CT molecular complexity index is 785. The summed E-state index contributed by atoms with van der Waals surface area (Å²) in [6.07, 6.45) is 3.02. The third kappa shape index (κ3) is 4.92. The van der Waals surface area contributed by atoms with Gasteiger partial charge in [0, 0.05) is 32.3 Å². The molecule has 2 saturated heterocycles. The minimum atomic E-state index is -0.430. The molecule has 2 aliphatic rings. The molecule has 1 unspecified atom stereocenters. The molecular formula is C22H28N4O3. The molecule has 0 bridgehead atoms. The zero-order chi connectivity index (χ0) is 20.1. The first kappa shape index (κ1) is 19.8. The second-order valence-electron chi connectivity index (χ2n) is 7.82. The van der Waals surface area contributed by atoms with E-state index in [1.807, 2.05) is 36.4 Å². The van der Waals surface area contributed by atoms with Crippen molar-refractivity contribution in [3.8, 4) is 0 Å². The Morgan fingerprint density at radius 2 is 1.76 bits per heavy atom. The van der Waals surface area contributed by atoms with Gasteiger partial charge in [-0.15, -0.1) is 10.2 Å². The van der Waals surface area contributed by atoms with Crippen LogP contribution in [0.2, 0.25) is 0 Å². The van der Waals surface area contributed by atoms with Crippen LogP contribution in [0, 0.1) is 5.92 Å². The Morgan fingerprint density at radius 3 is 2.41 bits per heavy atom. The number of hydrogen-bond donors (Lipinski definition) is 2. The molecule has 154 valence electrons. The number of aromatic nitrogens is 2. The molecule has 4 rings (SSSR count). The van der Waals surface area contributed by atoms with Gasteiger partial charge in [0.1, 0.15) is 0 Å². The Hall–Kier alpha value is -2.51. The molecule has 1 atom stereocenters. The highest BCUT2D eigenvalue weighted by atomic mass is 16.5. The van der Waals surface area contributed by atoms with Crippen molar-refractivity contribution in [2.75, 3.05) is 31.2 Å². The van der Waals surface area contributed by atoms with E-state index in [0.717, 1.165) is 50.2 Å². The van der Waals surface area contributed by atoms with E-state index in [-0.39, 0.29) is 17.9 Å². The zero-order valence-corrected chi connectivity index (χ0v) is 16.5. The van der Waals surface area contributed by atoms with Crippen LogP contribution < -0.4 is 10.2 Å². The molecule has 0 saturated carbocycles. The van der Waals surface area contributed by atoms with Gasteiger partial charge < -0.3 is 20.1 Å². The van der Waals surface area contributed by atoms with Gasteiger partial charge in [0.05, 0.1) is 6.10 Å². The second kappa shape index (κ2) is 9.33. The molecule has 7 heteroatoms. The van der Waals surface area contributed by atoms with Crippen LogP contribution in [0.4, 0.5) is 5.82 Å². The molecule has 0 aliphatic carbocycles. The van der Waals surface area contributed by atoms with E-state index >= 15 is 0 Å². The number of aliphatic hydroxyl groups excluding tert-OH is 1. The standard InChI is InChI=1S/C22H28N4O3/c27-21(16-4-2-1-3-5-16)17-8-12-26(13-9-17)20-7-6-19(24-25-20)22(28)23-18-10-14-29-15-11-18/h1-7,17-18,21,27H,8-15H2,(H,23,28). The molecule has 1 aromatic carbocycles. The quantitative estimate of drug-likeness (QED) is 0.807. The Morgan fingerprint density at radius 1 is 1.03 bits per heavy atom. The number of hydrogen-bond acceptors (Lipinski definition) is 6. The van der Waals surface area contributed by atoms with Crippen molar-refractivity contribution in [1.82, 2.24) is 15.5 Å². The molecule has 2 aromatic rings. The van der Waals surface area contributed by atoms with Crippen LogP contribution in [0.1, 0.15) is 47.8 Å². The van der Waals surface area contributed by atoms with Gasteiger partial charge in [-0.25, -0.2) is 0 Å². The van der Waals surface area contributed by atoms with Crippen molar-refractivity contribution in [2.24, 2.45) is 5.92 Å². The third-order valence-electron chi connectivity index (χ3n) is 5.89. The number of ether oxygens (including phenoxy) is 1. The number of carbonyl (C=O) groups is 1. The van der Waals surface area contributed by atoms with Gasteiger partial charge in [-0.1, -0.05) is 30.3 Å². The third-order valence-corrected chi connectivity index (χ3v) is 5.89. The zero-order valence-electron chi connectivity index (χ0n) is 16.5. The van der Waals surface area contributed by atoms with Crippen LogP contribution in [0.15, 0.2) is 42.5 Å². The molecule has 1 aromatic heterocycles. The highest BCUT2D eigenvalue weighted by Gasteiger charge is 2.27. The molecule has 29 heavy (non-hydrogen) atoms. The maximum absolute atomic E-state index is 12.4. The van der Waals surface area contributed by atoms with Gasteiger partial charge in [-0.05, 0) is 49.3 Å². The smallest absolute Gasteiger partial charge is 0.272 e.